The third-order valence-corrected chi connectivity index (χ3v) is 3.50. The zero-order chi connectivity index (χ0) is 14.8. The van der Waals surface area contributed by atoms with Crippen molar-refractivity contribution in [1.82, 2.24) is 9.88 Å². The first-order valence-electron chi connectivity index (χ1n) is 6.95. The molecule has 5 nitrogen and oxygen atoms in total. The predicted octanol–water partition coefficient (Wildman–Crippen LogP) is 3.55. The van der Waals surface area contributed by atoms with Crippen LogP contribution in [-0.2, 0) is 6.54 Å². The Bertz CT molecular complexity index is 668. The van der Waals surface area contributed by atoms with E-state index < -0.39 is 0 Å². The quantitative estimate of drug-likeness (QED) is 0.937. The van der Waals surface area contributed by atoms with Crippen molar-refractivity contribution in [3.05, 3.63) is 47.7 Å². The number of fused-ring (bicyclic) bond motifs is 1. The standard InChI is InChI=1S/C16H17N3O2/c1-3-19-10-13-14(8-9-17-15(13)18-16(19)20)21-12-6-4-11(2)5-7-12/h4-9H,3,10H2,1-2H3,(H,17,18,20). The van der Waals surface area contributed by atoms with Crippen LogP contribution in [0.1, 0.15) is 18.1 Å². The molecule has 0 aliphatic carbocycles. The number of carbonyl (C=O) groups is 1. The van der Waals surface area contributed by atoms with Crippen LogP contribution in [0.5, 0.6) is 11.5 Å². The number of carbonyl (C=O) groups excluding carboxylic acids is 1. The molecule has 5 heteroatoms. The number of hydrogen-bond acceptors (Lipinski definition) is 3. The van der Waals surface area contributed by atoms with Gasteiger partial charge in [0.15, 0.2) is 0 Å². The van der Waals surface area contributed by atoms with Gasteiger partial charge in [0.05, 0.1) is 12.1 Å². The third-order valence-electron chi connectivity index (χ3n) is 3.50. The second-order valence-electron chi connectivity index (χ2n) is 5.00. The van der Waals surface area contributed by atoms with E-state index in [1.54, 1.807) is 11.1 Å². The number of urea groups is 1. The van der Waals surface area contributed by atoms with E-state index in [-0.39, 0.29) is 6.03 Å². The van der Waals surface area contributed by atoms with Gasteiger partial charge < -0.3 is 9.64 Å². The average molecular weight is 283 g/mol. The van der Waals surface area contributed by atoms with Crippen molar-refractivity contribution in [2.24, 2.45) is 0 Å². The normalized spacial score (nSPS) is 13.6. The highest BCUT2D eigenvalue weighted by Crippen LogP contribution is 2.32. The number of aromatic nitrogens is 1. The third kappa shape index (κ3) is 2.67. The summed E-state index contributed by atoms with van der Waals surface area (Å²) in [6.45, 7) is 5.13. The maximum Gasteiger partial charge on any atom is 0.323 e. The van der Waals surface area contributed by atoms with Gasteiger partial charge in [0, 0.05) is 12.7 Å². The van der Waals surface area contributed by atoms with Gasteiger partial charge in [-0.2, -0.15) is 0 Å². The smallest absolute Gasteiger partial charge is 0.323 e. The molecule has 108 valence electrons. The minimum Gasteiger partial charge on any atom is -0.457 e. The van der Waals surface area contributed by atoms with E-state index in [0.717, 1.165) is 17.1 Å². The highest BCUT2D eigenvalue weighted by molar-refractivity contribution is 5.91. The monoisotopic (exact) mass is 283 g/mol. The van der Waals surface area contributed by atoms with E-state index in [4.69, 9.17) is 4.74 Å². The molecular formula is C16H17N3O2. The summed E-state index contributed by atoms with van der Waals surface area (Å²) in [4.78, 5) is 17.8. The lowest BCUT2D eigenvalue weighted by Gasteiger charge is -2.28. The number of pyridine rings is 1. The number of hydrogen-bond donors (Lipinski definition) is 1. The largest absolute Gasteiger partial charge is 0.457 e. The Labute approximate surface area is 123 Å². The molecule has 1 N–H and O–H groups in total. The Balaban J connectivity index is 1.92. The van der Waals surface area contributed by atoms with Gasteiger partial charge >= 0.3 is 6.03 Å². The van der Waals surface area contributed by atoms with E-state index >= 15 is 0 Å². The molecule has 2 aromatic rings. The van der Waals surface area contributed by atoms with Crippen molar-refractivity contribution in [3.8, 4) is 11.5 Å². The van der Waals surface area contributed by atoms with Gasteiger partial charge in [0.2, 0.25) is 0 Å². The molecule has 0 saturated carbocycles. The first-order valence-corrected chi connectivity index (χ1v) is 6.95. The molecule has 1 aliphatic heterocycles. The van der Waals surface area contributed by atoms with E-state index in [2.05, 4.69) is 10.3 Å². The van der Waals surface area contributed by atoms with Crippen molar-refractivity contribution < 1.29 is 9.53 Å². The van der Waals surface area contributed by atoms with Crippen LogP contribution in [-0.4, -0.2) is 22.5 Å². The van der Waals surface area contributed by atoms with Crippen LogP contribution in [0.2, 0.25) is 0 Å². The average Bonchev–Trinajstić information content (AvgIpc) is 2.49. The van der Waals surface area contributed by atoms with E-state index in [1.807, 2.05) is 44.2 Å². The molecular weight excluding hydrogens is 266 g/mol. The summed E-state index contributed by atoms with van der Waals surface area (Å²) in [5, 5.41) is 2.79. The van der Waals surface area contributed by atoms with E-state index in [9.17, 15) is 4.79 Å². The number of ether oxygens (including phenoxy) is 1. The SMILES string of the molecule is CCN1Cc2c(Oc3ccc(C)cc3)ccnc2NC1=O. The summed E-state index contributed by atoms with van der Waals surface area (Å²) in [5.74, 6) is 2.07. The number of nitrogens with one attached hydrogen (secondary N) is 1. The fraction of sp³-hybridized carbons (Fsp3) is 0.250. The molecule has 2 amide bonds. The van der Waals surface area contributed by atoms with E-state index in [1.165, 1.54) is 5.56 Å². The lowest BCUT2D eigenvalue weighted by atomic mass is 10.2. The Morgan fingerprint density at radius 3 is 2.76 bits per heavy atom. The molecule has 1 aromatic carbocycles. The van der Waals surface area contributed by atoms with Crippen LogP contribution < -0.4 is 10.1 Å². The summed E-state index contributed by atoms with van der Waals surface area (Å²) >= 11 is 0. The van der Waals surface area contributed by atoms with Crippen LogP contribution in [0.15, 0.2) is 36.5 Å². The van der Waals surface area contributed by atoms with Crippen molar-refractivity contribution in [2.45, 2.75) is 20.4 Å². The van der Waals surface area contributed by atoms with Gasteiger partial charge in [-0.05, 0) is 32.0 Å². The topological polar surface area (TPSA) is 54.5 Å². The van der Waals surface area contributed by atoms with Crippen molar-refractivity contribution in [3.63, 3.8) is 0 Å². The lowest BCUT2D eigenvalue weighted by Crippen LogP contribution is -2.38. The number of anilines is 1. The van der Waals surface area contributed by atoms with Gasteiger partial charge in [-0.15, -0.1) is 0 Å². The Hall–Kier alpha value is -2.56. The fourth-order valence-corrected chi connectivity index (χ4v) is 2.26. The van der Waals surface area contributed by atoms with Crippen molar-refractivity contribution in [2.75, 3.05) is 11.9 Å². The molecule has 21 heavy (non-hydrogen) atoms. The number of benzene rings is 1. The molecule has 0 atom stereocenters. The molecule has 0 unspecified atom stereocenters. The second kappa shape index (κ2) is 5.44. The summed E-state index contributed by atoms with van der Waals surface area (Å²) < 4.78 is 5.94. The summed E-state index contributed by atoms with van der Waals surface area (Å²) in [6, 6.07) is 9.57. The zero-order valence-electron chi connectivity index (χ0n) is 12.1. The number of amides is 2. The molecule has 0 radical (unpaired) electrons. The molecule has 2 heterocycles. The first kappa shape index (κ1) is 13.4. The summed E-state index contributed by atoms with van der Waals surface area (Å²) in [5.41, 5.74) is 2.09. The van der Waals surface area contributed by atoms with Crippen molar-refractivity contribution >= 4 is 11.8 Å². The summed E-state index contributed by atoms with van der Waals surface area (Å²) in [7, 11) is 0. The highest BCUT2D eigenvalue weighted by Gasteiger charge is 2.25. The maximum absolute atomic E-state index is 11.8. The van der Waals surface area contributed by atoms with Gasteiger partial charge in [-0.25, -0.2) is 9.78 Å². The first-order chi connectivity index (χ1) is 10.2. The van der Waals surface area contributed by atoms with Gasteiger partial charge in [0.1, 0.15) is 17.3 Å². The van der Waals surface area contributed by atoms with Crippen LogP contribution in [0.3, 0.4) is 0 Å². The molecule has 1 aromatic heterocycles. The Kier molecular flexibility index (Phi) is 3.48. The Morgan fingerprint density at radius 2 is 2.05 bits per heavy atom. The van der Waals surface area contributed by atoms with Crippen LogP contribution in [0.4, 0.5) is 10.6 Å². The summed E-state index contributed by atoms with van der Waals surface area (Å²) in [6.07, 6.45) is 1.64. The number of nitrogens with zero attached hydrogens (tertiary/aromatic N) is 2. The van der Waals surface area contributed by atoms with Crippen molar-refractivity contribution in [1.29, 1.82) is 0 Å². The van der Waals surface area contributed by atoms with Crippen LogP contribution in [0.25, 0.3) is 0 Å². The zero-order valence-corrected chi connectivity index (χ0v) is 12.1. The highest BCUT2D eigenvalue weighted by atomic mass is 16.5. The van der Waals surface area contributed by atoms with Crippen LogP contribution >= 0.6 is 0 Å². The maximum atomic E-state index is 11.8. The lowest BCUT2D eigenvalue weighted by molar-refractivity contribution is 0.209. The van der Waals surface area contributed by atoms with E-state index in [0.29, 0.717) is 18.9 Å². The van der Waals surface area contributed by atoms with Gasteiger partial charge in [0.25, 0.3) is 0 Å². The molecule has 1 aliphatic rings. The molecule has 3 rings (SSSR count). The van der Waals surface area contributed by atoms with Gasteiger partial charge in [-0.1, -0.05) is 17.7 Å². The minimum absolute atomic E-state index is 0.120. The number of rotatable bonds is 3. The molecule has 0 spiro atoms. The molecule has 0 bridgehead atoms. The second-order valence-corrected chi connectivity index (χ2v) is 5.00. The van der Waals surface area contributed by atoms with Crippen LogP contribution in [0, 0.1) is 6.92 Å². The van der Waals surface area contributed by atoms with Gasteiger partial charge in [-0.3, -0.25) is 5.32 Å². The Morgan fingerprint density at radius 1 is 1.29 bits per heavy atom. The number of aryl methyl sites for hydroxylation is 1. The predicted molar refractivity (Wildman–Crippen MR) is 80.6 cm³/mol. The molecule has 0 saturated heterocycles. The minimum atomic E-state index is -0.120. The fourth-order valence-electron chi connectivity index (χ4n) is 2.26. The molecule has 0 fully saturated rings.